The van der Waals surface area contributed by atoms with Crippen LogP contribution in [0.4, 0.5) is 4.39 Å². The lowest BCUT2D eigenvalue weighted by Crippen LogP contribution is -2.44. The van der Waals surface area contributed by atoms with Gasteiger partial charge in [-0.15, -0.1) is 0 Å². The van der Waals surface area contributed by atoms with Crippen LogP contribution in [0, 0.1) is 5.82 Å². The first-order valence-electron chi connectivity index (χ1n) is 6.17. The highest BCUT2D eigenvalue weighted by atomic mass is 19.1. The summed E-state index contributed by atoms with van der Waals surface area (Å²) in [6.07, 6.45) is 1.53. The number of phenols is 1. The summed E-state index contributed by atoms with van der Waals surface area (Å²) in [5, 5.41) is 12.8. The Bertz CT molecular complexity index is 417. The number of hydrogen-bond acceptors (Lipinski definition) is 4. The van der Waals surface area contributed by atoms with E-state index in [-0.39, 0.29) is 11.6 Å². The van der Waals surface area contributed by atoms with Crippen molar-refractivity contribution in [2.24, 2.45) is 4.99 Å². The van der Waals surface area contributed by atoms with E-state index in [9.17, 15) is 9.50 Å². The van der Waals surface area contributed by atoms with Gasteiger partial charge in [-0.25, -0.2) is 4.39 Å². The van der Waals surface area contributed by atoms with E-state index in [4.69, 9.17) is 0 Å². The first kappa shape index (κ1) is 13.0. The van der Waals surface area contributed by atoms with Crippen molar-refractivity contribution >= 4 is 6.21 Å². The molecule has 18 heavy (non-hydrogen) atoms. The molecule has 1 aromatic carbocycles. The van der Waals surface area contributed by atoms with E-state index in [2.05, 4.69) is 15.2 Å². The van der Waals surface area contributed by atoms with Gasteiger partial charge in [-0.1, -0.05) is 0 Å². The van der Waals surface area contributed by atoms with Crippen molar-refractivity contribution in [2.45, 2.75) is 0 Å². The molecule has 0 amide bonds. The predicted molar refractivity (Wildman–Crippen MR) is 69.8 cm³/mol. The predicted octanol–water partition coefficient (Wildman–Crippen LogP) is 0.855. The van der Waals surface area contributed by atoms with E-state index < -0.39 is 0 Å². The Morgan fingerprint density at radius 3 is 2.94 bits per heavy atom. The second-order valence-electron chi connectivity index (χ2n) is 4.33. The lowest BCUT2D eigenvalue weighted by molar-refractivity contribution is 0.248. The van der Waals surface area contributed by atoms with Gasteiger partial charge in [-0.3, -0.25) is 9.89 Å². The normalized spacial score (nSPS) is 17.4. The van der Waals surface area contributed by atoms with E-state index in [0.29, 0.717) is 12.1 Å². The average molecular weight is 251 g/mol. The monoisotopic (exact) mass is 251 g/mol. The molecule has 98 valence electrons. The third kappa shape index (κ3) is 3.78. The van der Waals surface area contributed by atoms with Crippen LogP contribution in [0.5, 0.6) is 5.75 Å². The third-order valence-electron chi connectivity index (χ3n) is 2.97. The van der Waals surface area contributed by atoms with Crippen molar-refractivity contribution in [1.29, 1.82) is 0 Å². The first-order valence-corrected chi connectivity index (χ1v) is 6.17. The van der Waals surface area contributed by atoms with E-state index in [1.54, 1.807) is 0 Å². The quantitative estimate of drug-likeness (QED) is 0.780. The zero-order valence-corrected chi connectivity index (χ0v) is 10.3. The second-order valence-corrected chi connectivity index (χ2v) is 4.33. The molecule has 0 bridgehead atoms. The lowest BCUT2D eigenvalue weighted by atomic mass is 10.2. The summed E-state index contributed by atoms with van der Waals surface area (Å²) >= 11 is 0. The number of hydrogen-bond donors (Lipinski definition) is 2. The number of aliphatic imine (C=N–C) groups is 1. The van der Waals surface area contributed by atoms with E-state index >= 15 is 0 Å². The summed E-state index contributed by atoms with van der Waals surface area (Å²) < 4.78 is 13.0. The Kier molecular flexibility index (Phi) is 4.66. The number of benzene rings is 1. The highest BCUT2D eigenvalue weighted by Gasteiger charge is 2.07. The molecular formula is C13H18FN3O. The van der Waals surface area contributed by atoms with Crippen molar-refractivity contribution in [3.05, 3.63) is 29.6 Å². The van der Waals surface area contributed by atoms with Gasteiger partial charge in [0, 0.05) is 44.5 Å². The molecular weight excluding hydrogens is 233 g/mol. The number of piperazine rings is 1. The number of nitrogens with zero attached hydrogens (tertiary/aromatic N) is 2. The van der Waals surface area contributed by atoms with Gasteiger partial charge < -0.3 is 10.4 Å². The Balaban J connectivity index is 1.81. The van der Waals surface area contributed by atoms with Crippen molar-refractivity contribution in [3.8, 4) is 5.75 Å². The minimum atomic E-state index is -0.364. The third-order valence-corrected chi connectivity index (χ3v) is 2.97. The smallest absolute Gasteiger partial charge is 0.124 e. The van der Waals surface area contributed by atoms with Crippen molar-refractivity contribution < 1.29 is 9.50 Å². The van der Waals surface area contributed by atoms with Crippen LogP contribution in [-0.4, -0.2) is 55.5 Å². The highest BCUT2D eigenvalue weighted by molar-refractivity contribution is 5.83. The van der Waals surface area contributed by atoms with Crippen LogP contribution in [-0.2, 0) is 0 Å². The summed E-state index contributed by atoms with van der Waals surface area (Å²) in [6.45, 7) is 5.69. The topological polar surface area (TPSA) is 47.9 Å². The van der Waals surface area contributed by atoms with Crippen LogP contribution in [0.2, 0.25) is 0 Å². The number of nitrogens with one attached hydrogen (secondary N) is 1. The number of halogens is 1. The zero-order valence-electron chi connectivity index (χ0n) is 10.3. The minimum Gasteiger partial charge on any atom is -0.507 e. The summed E-state index contributed by atoms with van der Waals surface area (Å²) in [5.41, 5.74) is 0.426. The van der Waals surface area contributed by atoms with Crippen LogP contribution in [0.25, 0.3) is 0 Å². The Hall–Kier alpha value is -1.46. The Labute approximate surface area is 106 Å². The summed E-state index contributed by atoms with van der Waals surface area (Å²) in [5.74, 6) is -0.307. The fourth-order valence-electron chi connectivity index (χ4n) is 1.93. The molecule has 1 aliphatic heterocycles. The van der Waals surface area contributed by atoms with Gasteiger partial charge in [0.2, 0.25) is 0 Å². The Morgan fingerprint density at radius 1 is 1.39 bits per heavy atom. The fraction of sp³-hybridized carbons (Fsp3) is 0.462. The largest absolute Gasteiger partial charge is 0.507 e. The molecule has 0 radical (unpaired) electrons. The molecule has 0 spiro atoms. The molecule has 2 N–H and O–H groups in total. The number of rotatable bonds is 4. The van der Waals surface area contributed by atoms with Crippen molar-refractivity contribution in [2.75, 3.05) is 39.3 Å². The van der Waals surface area contributed by atoms with Crippen LogP contribution in [0.1, 0.15) is 5.56 Å². The Morgan fingerprint density at radius 2 is 2.17 bits per heavy atom. The fourth-order valence-corrected chi connectivity index (χ4v) is 1.93. The lowest BCUT2D eigenvalue weighted by Gasteiger charge is -2.26. The highest BCUT2D eigenvalue weighted by Crippen LogP contribution is 2.15. The van der Waals surface area contributed by atoms with E-state index in [1.165, 1.54) is 24.4 Å². The molecule has 1 saturated heterocycles. The molecule has 2 rings (SSSR count). The first-order chi connectivity index (χ1) is 8.75. The van der Waals surface area contributed by atoms with Gasteiger partial charge in [0.05, 0.1) is 6.54 Å². The summed E-state index contributed by atoms with van der Waals surface area (Å²) in [7, 11) is 0. The standard InChI is InChI=1S/C13H18FN3O/c14-12-1-2-13(18)11(9-12)10-16-5-8-17-6-3-15-4-7-17/h1-2,9-10,15,18H,3-8H2. The van der Waals surface area contributed by atoms with Crippen LogP contribution < -0.4 is 5.32 Å². The van der Waals surface area contributed by atoms with Gasteiger partial charge in [0.25, 0.3) is 0 Å². The average Bonchev–Trinajstić information content (AvgIpc) is 2.40. The van der Waals surface area contributed by atoms with Crippen molar-refractivity contribution in [1.82, 2.24) is 10.2 Å². The number of aromatic hydroxyl groups is 1. The minimum absolute atomic E-state index is 0.0577. The maximum Gasteiger partial charge on any atom is 0.124 e. The molecule has 0 aliphatic carbocycles. The molecule has 0 atom stereocenters. The molecule has 0 unspecified atom stereocenters. The maximum absolute atomic E-state index is 13.0. The summed E-state index contributed by atoms with van der Waals surface area (Å²) in [6, 6.07) is 3.85. The molecule has 1 aliphatic rings. The van der Waals surface area contributed by atoms with Gasteiger partial charge in [0.1, 0.15) is 11.6 Å². The van der Waals surface area contributed by atoms with Crippen LogP contribution >= 0.6 is 0 Å². The maximum atomic E-state index is 13.0. The molecule has 0 aromatic heterocycles. The van der Waals surface area contributed by atoms with E-state index in [1.807, 2.05) is 0 Å². The van der Waals surface area contributed by atoms with Crippen LogP contribution in [0.3, 0.4) is 0 Å². The molecule has 5 heteroatoms. The molecule has 4 nitrogen and oxygen atoms in total. The van der Waals surface area contributed by atoms with E-state index in [0.717, 1.165) is 32.7 Å². The molecule has 1 heterocycles. The van der Waals surface area contributed by atoms with Crippen molar-refractivity contribution in [3.63, 3.8) is 0 Å². The molecule has 0 saturated carbocycles. The van der Waals surface area contributed by atoms with Gasteiger partial charge in [0.15, 0.2) is 0 Å². The second kappa shape index (κ2) is 6.47. The van der Waals surface area contributed by atoms with Gasteiger partial charge in [-0.2, -0.15) is 0 Å². The molecule has 1 fully saturated rings. The molecule has 1 aromatic rings. The van der Waals surface area contributed by atoms with Gasteiger partial charge >= 0.3 is 0 Å². The zero-order chi connectivity index (χ0) is 12.8. The van der Waals surface area contributed by atoms with Crippen LogP contribution in [0.15, 0.2) is 23.2 Å². The van der Waals surface area contributed by atoms with Gasteiger partial charge in [-0.05, 0) is 18.2 Å². The SMILES string of the molecule is Oc1ccc(F)cc1C=NCCN1CCNCC1. The summed E-state index contributed by atoms with van der Waals surface area (Å²) in [4.78, 5) is 6.56. The number of phenolic OH excluding ortho intramolecular Hbond substituents is 1.